The van der Waals surface area contributed by atoms with Crippen molar-refractivity contribution >= 4 is 17.2 Å². The minimum Gasteiger partial charge on any atom is -0.334 e. The Hall–Kier alpha value is -1.88. The Kier molecular flexibility index (Phi) is 5.46. The molecule has 2 aromatic heterocycles. The van der Waals surface area contributed by atoms with Gasteiger partial charge in [0.25, 0.3) is 11.5 Å². The number of hydrogen-bond acceptors (Lipinski definition) is 3. The van der Waals surface area contributed by atoms with Crippen molar-refractivity contribution in [3.05, 3.63) is 54.1 Å². The molecule has 2 aromatic rings. The van der Waals surface area contributed by atoms with Crippen molar-refractivity contribution < 1.29 is 4.79 Å². The third-order valence-corrected chi connectivity index (χ3v) is 7.84. The summed E-state index contributed by atoms with van der Waals surface area (Å²) < 4.78 is 0. The maximum atomic E-state index is 13.3. The van der Waals surface area contributed by atoms with Crippen LogP contribution in [0.25, 0.3) is 0 Å². The molecule has 1 saturated carbocycles. The Morgan fingerprint density at radius 3 is 2.61 bits per heavy atom. The predicted molar refractivity (Wildman–Crippen MR) is 114 cm³/mol. The SMILES string of the molecule is Cc1cc(C)c(CN2CCc3sc(CC4CCCCC4)c(C)c3C2=O)c(=O)[nH]1. The van der Waals surface area contributed by atoms with E-state index in [0.29, 0.717) is 18.7 Å². The number of aromatic amines is 1. The van der Waals surface area contributed by atoms with Crippen LogP contribution in [0.2, 0.25) is 0 Å². The highest BCUT2D eigenvalue weighted by atomic mass is 32.1. The summed E-state index contributed by atoms with van der Waals surface area (Å²) in [5.74, 6) is 0.886. The molecule has 0 spiro atoms. The van der Waals surface area contributed by atoms with Crippen LogP contribution in [0, 0.1) is 26.7 Å². The summed E-state index contributed by atoms with van der Waals surface area (Å²) in [7, 11) is 0. The normalized spacial score (nSPS) is 17.8. The molecule has 1 N–H and O–H groups in total. The molecule has 0 aromatic carbocycles. The Balaban J connectivity index is 1.56. The lowest BCUT2D eigenvalue weighted by Crippen LogP contribution is -2.38. The molecule has 1 aliphatic heterocycles. The average molecular weight is 399 g/mol. The zero-order valence-electron chi connectivity index (χ0n) is 17.2. The first kappa shape index (κ1) is 19.4. The van der Waals surface area contributed by atoms with Crippen LogP contribution in [0.1, 0.15) is 74.6 Å². The van der Waals surface area contributed by atoms with E-state index in [-0.39, 0.29) is 11.5 Å². The highest BCUT2D eigenvalue weighted by Crippen LogP contribution is 2.37. The van der Waals surface area contributed by atoms with Crippen LogP contribution in [-0.2, 0) is 19.4 Å². The number of amides is 1. The highest BCUT2D eigenvalue weighted by molar-refractivity contribution is 7.12. The number of carbonyl (C=O) groups is 1. The van der Waals surface area contributed by atoms with Gasteiger partial charge in [0, 0.05) is 34.0 Å². The first-order chi connectivity index (χ1) is 13.4. The molecule has 1 aliphatic carbocycles. The van der Waals surface area contributed by atoms with Gasteiger partial charge in [0.15, 0.2) is 0 Å². The van der Waals surface area contributed by atoms with Crippen molar-refractivity contribution in [3.63, 3.8) is 0 Å². The number of hydrogen-bond donors (Lipinski definition) is 1. The summed E-state index contributed by atoms with van der Waals surface area (Å²) in [5, 5.41) is 0. The summed E-state index contributed by atoms with van der Waals surface area (Å²) in [4.78, 5) is 33.0. The highest BCUT2D eigenvalue weighted by Gasteiger charge is 2.31. The summed E-state index contributed by atoms with van der Waals surface area (Å²) in [6.45, 7) is 7.06. The van der Waals surface area contributed by atoms with Gasteiger partial charge in [-0.15, -0.1) is 11.3 Å². The van der Waals surface area contributed by atoms with Gasteiger partial charge in [-0.25, -0.2) is 0 Å². The van der Waals surface area contributed by atoms with Crippen molar-refractivity contribution in [1.29, 1.82) is 0 Å². The number of thiophene rings is 1. The van der Waals surface area contributed by atoms with Crippen molar-refractivity contribution in [3.8, 4) is 0 Å². The number of fused-ring (bicyclic) bond motifs is 1. The molecule has 5 heteroatoms. The summed E-state index contributed by atoms with van der Waals surface area (Å²) in [6, 6.07) is 1.98. The number of rotatable bonds is 4. The second kappa shape index (κ2) is 7.86. The van der Waals surface area contributed by atoms with Gasteiger partial charge >= 0.3 is 0 Å². The van der Waals surface area contributed by atoms with Gasteiger partial charge in [0.1, 0.15) is 0 Å². The summed E-state index contributed by atoms with van der Waals surface area (Å²) in [5.41, 5.74) is 4.56. The Morgan fingerprint density at radius 1 is 1.14 bits per heavy atom. The number of nitrogens with one attached hydrogen (secondary N) is 1. The predicted octanol–water partition coefficient (Wildman–Crippen LogP) is 4.68. The number of pyridine rings is 1. The van der Waals surface area contributed by atoms with Crippen molar-refractivity contribution in [2.24, 2.45) is 5.92 Å². The molecule has 28 heavy (non-hydrogen) atoms. The van der Waals surface area contributed by atoms with E-state index in [1.54, 1.807) is 0 Å². The number of carbonyl (C=O) groups excluding carboxylic acids is 1. The number of H-pyrrole nitrogens is 1. The zero-order valence-corrected chi connectivity index (χ0v) is 18.0. The standard InChI is InChI=1S/C23H30N2O2S/c1-14-11-15(2)24-22(26)18(14)13-25-10-9-19-21(23(25)27)16(3)20(28-19)12-17-7-5-4-6-8-17/h11,17H,4-10,12-13H2,1-3H3,(H,24,26). The van der Waals surface area contributed by atoms with Gasteiger partial charge in [0.05, 0.1) is 12.1 Å². The van der Waals surface area contributed by atoms with Crippen LogP contribution >= 0.6 is 11.3 Å². The fourth-order valence-electron chi connectivity index (χ4n) is 4.84. The van der Waals surface area contributed by atoms with Crippen LogP contribution in [0.3, 0.4) is 0 Å². The maximum absolute atomic E-state index is 13.3. The molecule has 2 aliphatic rings. The first-order valence-electron chi connectivity index (χ1n) is 10.5. The molecule has 0 saturated heterocycles. The topological polar surface area (TPSA) is 53.2 Å². The molecule has 4 rings (SSSR count). The van der Waals surface area contributed by atoms with E-state index in [1.165, 1.54) is 47.4 Å². The van der Waals surface area contributed by atoms with Gasteiger partial charge in [-0.05, 0) is 50.3 Å². The second-order valence-corrected chi connectivity index (χ2v) is 9.77. The van der Waals surface area contributed by atoms with Crippen LogP contribution in [0.15, 0.2) is 10.9 Å². The van der Waals surface area contributed by atoms with Crippen molar-refractivity contribution in [2.75, 3.05) is 6.54 Å². The molecular formula is C23H30N2O2S. The molecule has 0 unspecified atom stereocenters. The molecular weight excluding hydrogens is 368 g/mol. The quantitative estimate of drug-likeness (QED) is 0.813. The molecule has 0 bridgehead atoms. The van der Waals surface area contributed by atoms with Gasteiger partial charge < -0.3 is 9.88 Å². The van der Waals surface area contributed by atoms with Crippen LogP contribution in [-0.4, -0.2) is 22.3 Å². The van der Waals surface area contributed by atoms with Crippen LogP contribution in [0.4, 0.5) is 0 Å². The number of nitrogens with zero attached hydrogens (tertiary/aromatic N) is 1. The first-order valence-corrected chi connectivity index (χ1v) is 11.4. The van der Waals surface area contributed by atoms with E-state index < -0.39 is 0 Å². The fourth-order valence-corrected chi connectivity index (χ4v) is 6.25. The third kappa shape index (κ3) is 3.69. The monoisotopic (exact) mass is 398 g/mol. The lowest BCUT2D eigenvalue weighted by Gasteiger charge is -2.27. The number of aryl methyl sites for hydroxylation is 2. The largest absolute Gasteiger partial charge is 0.334 e. The van der Waals surface area contributed by atoms with E-state index in [1.807, 2.05) is 36.2 Å². The van der Waals surface area contributed by atoms with E-state index in [9.17, 15) is 9.59 Å². The van der Waals surface area contributed by atoms with Gasteiger partial charge in [0.2, 0.25) is 0 Å². The molecule has 1 fully saturated rings. The molecule has 0 radical (unpaired) electrons. The average Bonchev–Trinajstić information content (AvgIpc) is 2.97. The Labute approximate surface area is 171 Å². The van der Waals surface area contributed by atoms with Crippen LogP contribution < -0.4 is 5.56 Å². The van der Waals surface area contributed by atoms with E-state index >= 15 is 0 Å². The van der Waals surface area contributed by atoms with E-state index in [2.05, 4.69) is 11.9 Å². The third-order valence-electron chi connectivity index (χ3n) is 6.47. The number of aromatic nitrogens is 1. The van der Waals surface area contributed by atoms with Gasteiger partial charge in [-0.2, -0.15) is 0 Å². The summed E-state index contributed by atoms with van der Waals surface area (Å²) in [6.07, 6.45) is 8.78. The molecule has 4 nitrogen and oxygen atoms in total. The summed E-state index contributed by atoms with van der Waals surface area (Å²) >= 11 is 1.86. The van der Waals surface area contributed by atoms with Crippen molar-refractivity contribution in [1.82, 2.24) is 9.88 Å². The zero-order chi connectivity index (χ0) is 19.8. The van der Waals surface area contributed by atoms with Gasteiger partial charge in [-0.3, -0.25) is 9.59 Å². The lowest BCUT2D eigenvalue weighted by atomic mass is 9.86. The van der Waals surface area contributed by atoms with Gasteiger partial charge in [-0.1, -0.05) is 32.1 Å². The maximum Gasteiger partial charge on any atom is 0.255 e. The van der Waals surface area contributed by atoms with Crippen molar-refractivity contribution in [2.45, 2.75) is 72.3 Å². The molecule has 1 amide bonds. The molecule has 150 valence electrons. The second-order valence-electron chi connectivity index (χ2n) is 8.58. The smallest absolute Gasteiger partial charge is 0.255 e. The fraction of sp³-hybridized carbons (Fsp3) is 0.565. The van der Waals surface area contributed by atoms with E-state index in [0.717, 1.165) is 35.6 Å². The van der Waals surface area contributed by atoms with E-state index in [4.69, 9.17) is 0 Å². The molecule has 3 heterocycles. The molecule has 0 atom stereocenters. The Bertz CT molecular complexity index is 950. The lowest BCUT2D eigenvalue weighted by molar-refractivity contribution is 0.0727. The van der Waals surface area contributed by atoms with Crippen LogP contribution in [0.5, 0.6) is 0 Å². The minimum absolute atomic E-state index is 0.0730. The minimum atomic E-state index is -0.0730. The Morgan fingerprint density at radius 2 is 1.89 bits per heavy atom.